The van der Waals surface area contributed by atoms with E-state index in [9.17, 15) is 39.5 Å². The van der Waals surface area contributed by atoms with Crippen molar-refractivity contribution in [2.75, 3.05) is 37.0 Å². The molecule has 24 heteroatoms. The molecule has 0 aromatic heterocycles. The minimum Gasteiger partial charge on any atom is -0.438 e. The third kappa shape index (κ3) is 10.4. The minimum atomic E-state index is -5.39. The first-order chi connectivity index (χ1) is 22.4. The first-order valence-corrected chi connectivity index (χ1v) is 16.7. The minimum absolute atomic E-state index is 0.106. The SMILES string of the molecule is Nc1ccccc1ON1P(OCC(F)(F)F)N=P(OCC(F)(F)F)(OCC(F)(F)F)N(Oc2ccccc2N)P1Oc1ccccc1N. The van der Waals surface area contributed by atoms with Gasteiger partial charge in [0, 0.05) is 9.21 Å². The van der Waals surface area contributed by atoms with E-state index < -0.39 is 62.9 Å². The third-order valence-electron chi connectivity index (χ3n) is 5.28. The smallest absolute Gasteiger partial charge is 0.412 e. The maximum atomic E-state index is 13.6. The summed E-state index contributed by atoms with van der Waals surface area (Å²) in [5.41, 5.74) is 17.5. The number of rotatable bonds is 12. The Morgan fingerprint density at radius 3 is 1.46 bits per heavy atom. The van der Waals surface area contributed by atoms with Crippen molar-refractivity contribution in [3.8, 4) is 17.2 Å². The summed E-state index contributed by atoms with van der Waals surface area (Å²) < 4.78 is 147. The quantitative estimate of drug-likeness (QED) is 0.0926. The molecule has 0 aliphatic carbocycles. The lowest BCUT2D eigenvalue weighted by Crippen LogP contribution is -2.37. The summed E-state index contributed by atoms with van der Waals surface area (Å²) in [5.74, 6) is -0.919. The zero-order valence-corrected chi connectivity index (χ0v) is 26.5. The molecule has 2 unspecified atom stereocenters. The molecule has 0 bridgehead atoms. The average molecular weight is 756 g/mol. The van der Waals surface area contributed by atoms with Gasteiger partial charge in [0.15, 0.2) is 31.3 Å². The van der Waals surface area contributed by atoms with Crippen LogP contribution in [-0.4, -0.2) is 47.6 Å². The molecule has 48 heavy (non-hydrogen) atoms. The van der Waals surface area contributed by atoms with Gasteiger partial charge in [-0.3, -0.25) is 9.05 Å². The van der Waals surface area contributed by atoms with Crippen LogP contribution >= 0.6 is 24.6 Å². The van der Waals surface area contributed by atoms with Gasteiger partial charge in [-0.1, -0.05) is 36.4 Å². The average Bonchev–Trinajstić information content (AvgIpc) is 2.98. The van der Waals surface area contributed by atoms with Crippen LogP contribution in [0, 0.1) is 0 Å². The molecular weight excluding hydrogens is 732 g/mol. The molecule has 1 aliphatic heterocycles. The first kappa shape index (κ1) is 37.5. The van der Waals surface area contributed by atoms with E-state index in [0.717, 1.165) is 0 Å². The Kier molecular flexibility index (Phi) is 11.8. The van der Waals surface area contributed by atoms with Crippen LogP contribution in [0.15, 0.2) is 77.3 Å². The van der Waals surface area contributed by atoms with Crippen LogP contribution in [0.1, 0.15) is 0 Å². The molecule has 1 heterocycles. The monoisotopic (exact) mass is 756 g/mol. The fraction of sp³-hybridized carbons (Fsp3) is 0.250. The first-order valence-electron chi connectivity index (χ1n) is 12.9. The predicted molar refractivity (Wildman–Crippen MR) is 157 cm³/mol. The fourth-order valence-electron chi connectivity index (χ4n) is 3.28. The molecule has 264 valence electrons. The van der Waals surface area contributed by atoms with E-state index in [2.05, 4.69) is 4.52 Å². The zero-order chi connectivity index (χ0) is 35.3. The predicted octanol–water partition coefficient (Wildman–Crippen LogP) is 8.55. The standard InChI is InChI=1S/C24H24F9N6O6P3/c25-22(26,27)13-40-46-37-48(41-14-23(28,29)30,42-15-24(31,32)33)39(44-20-11-5-2-8-17(20)35)47(45-21-12-6-3-9-18(21)36)38(46)43-19-10-4-1-7-16(19)34/h1-12H,13-15,34-36H2. The van der Waals surface area contributed by atoms with Crippen molar-refractivity contribution in [2.45, 2.75) is 18.5 Å². The molecule has 3 aromatic rings. The summed E-state index contributed by atoms with van der Waals surface area (Å²) in [6.07, 6.45) is -15.5. The van der Waals surface area contributed by atoms with Gasteiger partial charge in [0.05, 0.1) is 17.1 Å². The van der Waals surface area contributed by atoms with Gasteiger partial charge >= 0.3 is 34.6 Å². The van der Waals surface area contributed by atoms with Crippen LogP contribution in [0.5, 0.6) is 17.2 Å². The zero-order valence-electron chi connectivity index (χ0n) is 23.8. The van der Waals surface area contributed by atoms with Gasteiger partial charge in [-0.25, -0.2) is 0 Å². The Morgan fingerprint density at radius 1 is 0.604 bits per heavy atom. The lowest BCUT2D eigenvalue weighted by molar-refractivity contribution is -0.167. The summed E-state index contributed by atoms with van der Waals surface area (Å²) in [6.45, 7) is -6.72. The summed E-state index contributed by atoms with van der Waals surface area (Å²) in [4.78, 5) is 11.6. The van der Waals surface area contributed by atoms with Gasteiger partial charge in [-0.05, 0) is 36.4 Å². The molecule has 0 radical (unpaired) electrons. The van der Waals surface area contributed by atoms with Gasteiger partial charge in [0.2, 0.25) is 0 Å². The van der Waals surface area contributed by atoms with Crippen LogP contribution < -0.4 is 31.4 Å². The van der Waals surface area contributed by atoms with Crippen molar-refractivity contribution in [3.05, 3.63) is 72.8 Å². The van der Waals surface area contributed by atoms with Gasteiger partial charge < -0.3 is 35.9 Å². The van der Waals surface area contributed by atoms with E-state index in [1.165, 1.54) is 72.8 Å². The van der Waals surface area contributed by atoms with Crippen molar-refractivity contribution < 1.29 is 67.3 Å². The Labute approximate surface area is 268 Å². The third-order valence-corrected chi connectivity index (χ3v) is 12.1. The largest absolute Gasteiger partial charge is 0.438 e. The Morgan fingerprint density at radius 2 is 1.02 bits per heavy atom. The van der Waals surface area contributed by atoms with Crippen LogP contribution in [0.4, 0.5) is 56.6 Å². The van der Waals surface area contributed by atoms with E-state index >= 15 is 0 Å². The Hall–Kier alpha value is -3.28. The van der Waals surface area contributed by atoms with Crippen LogP contribution in [0.25, 0.3) is 0 Å². The summed E-state index contributed by atoms with van der Waals surface area (Å²) in [7, 11) is -12.1. The maximum absolute atomic E-state index is 13.6. The van der Waals surface area contributed by atoms with Gasteiger partial charge in [-0.15, -0.1) is 0 Å². The number of halogens is 9. The van der Waals surface area contributed by atoms with Gasteiger partial charge in [0.1, 0.15) is 5.75 Å². The maximum Gasteiger partial charge on any atom is 0.412 e. The molecule has 12 nitrogen and oxygen atoms in total. The van der Waals surface area contributed by atoms with Crippen LogP contribution in [0.2, 0.25) is 0 Å². The van der Waals surface area contributed by atoms with Crippen molar-refractivity contribution in [3.63, 3.8) is 0 Å². The topological polar surface area (TPSA) is 152 Å². The highest BCUT2D eigenvalue weighted by Gasteiger charge is 2.58. The van der Waals surface area contributed by atoms with E-state index in [1.54, 1.807) is 0 Å². The molecule has 3 aromatic carbocycles. The number of alkyl halides is 9. The highest BCUT2D eigenvalue weighted by atomic mass is 31.3. The van der Waals surface area contributed by atoms with Crippen molar-refractivity contribution in [1.29, 1.82) is 0 Å². The second-order valence-electron chi connectivity index (χ2n) is 9.14. The van der Waals surface area contributed by atoms with Crippen molar-refractivity contribution >= 4 is 41.6 Å². The number of nitrogens with zero attached hydrogens (tertiary/aromatic N) is 3. The number of para-hydroxylation sites is 6. The van der Waals surface area contributed by atoms with Crippen molar-refractivity contribution in [1.82, 2.24) is 9.21 Å². The van der Waals surface area contributed by atoms with E-state index in [-0.39, 0.29) is 38.9 Å². The molecule has 6 N–H and O–H groups in total. The molecular formula is C24H24F9N6O6P3. The lowest BCUT2D eigenvalue weighted by Gasteiger charge is -2.44. The molecule has 0 fully saturated rings. The van der Waals surface area contributed by atoms with Gasteiger partial charge in [0.25, 0.3) is 8.45 Å². The highest BCUT2D eigenvalue weighted by Crippen LogP contribution is 2.79. The van der Waals surface area contributed by atoms with E-state index in [4.69, 9.17) is 45.0 Å². The second kappa shape index (κ2) is 15.1. The Bertz CT molecular complexity index is 1580. The number of benzene rings is 3. The Balaban J connectivity index is 2.02. The molecule has 1 aliphatic rings. The van der Waals surface area contributed by atoms with Crippen LogP contribution in [-0.2, 0) is 13.6 Å². The molecule has 4 rings (SSSR count). The summed E-state index contributed by atoms with van der Waals surface area (Å²) >= 11 is 0. The lowest BCUT2D eigenvalue weighted by atomic mass is 10.3. The van der Waals surface area contributed by atoms with E-state index in [0.29, 0.717) is 4.60 Å². The molecule has 0 amide bonds. The molecule has 2 atom stereocenters. The normalized spacial score (nSPS) is 19.0. The summed E-state index contributed by atoms with van der Waals surface area (Å²) in [5, 5.41) is 0. The number of nitrogens with two attached hydrogens (primary N) is 3. The van der Waals surface area contributed by atoms with Crippen LogP contribution in [0.3, 0.4) is 0 Å². The van der Waals surface area contributed by atoms with Gasteiger partial charge in [-0.2, -0.15) is 44.0 Å². The second-order valence-corrected chi connectivity index (χ2v) is 14.9. The van der Waals surface area contributed by atoms with E-state index in [1.807, 2.05) is 0 Å². The number of nitrogen functional groups attached to an aromatic ring is 3. The number of anilines is 3. The fourth-order valence-corrected chi connectivity index (χ4v) is 11.0. The molecule has 0 saturated heterocycles. The molecule has 0 saturated carbocycles. The number of hydrogen-bond donors (Lipinski definition) is 3. The highest BCUT2D eigenvalue weighted by molar-refractivity contribution is 7.78. The molecule has 0 spiro atoms. The summed E-state index contributed by atoms with van der Waals surface area (Å²) in [6, 6.07) is 16.0. The van der Waals surface area contributed by atoms with Crippen molar-refractivity contribution in [2.24, 2.45) is 4.52 Å². The number of hydrogen-bond acceptors (Lipinski definition) is 12.